The molecule has 5 rings (SSSR count). The largest absolute Gasteiger partial charge is 0.273 e. The highest BCUT2D eigenvalue weighted by molar-refractivity contribution is 6.23. The van der Waals surface area contributed by atoms with Crippen LogP contribution in [0.5, 0.6) is 0 Å². The number of aryl methyl sites for hydroxylation is 1. The average molecular weight is 429 g/mol. The molecule has 0 N–H and O–H groups in total. The lowest BCUT2D eigenvalue weighted by molar-refractivity contribution is -0.384. The number of nitrogens with zero attached hydrogens (tertiary/aromatic N) is 3. The number of hydrogen-bond acceptors (Lipinski definition) is 6. The molecule has 3 aromatic carbocycles. The van der Waals surface area contributed by atoms with Gasteiger partial charge in [0.25, 0.3) is 11.6 Å². The highest BCUT2D eigenvalue weighted by Crippen LogP contribution is 2.47. The number of non-ortho nitro benzene ring substituents is 1. The minimum Gasteiger partial charge on any atom is -0.273 e. The first kappa shape index (κ1) is 19.9. The van der Waals surface area contributed by atoms with Crippen molar-refractivity contribution in [2.45, 2.75) is 19.1 Å². The number of para-hydroxylation sites is 1. The van der Waals surface area contributed by atoms with Gasteiger partial charge in [0.1, 0.15) is 5.92 Å². The molecule has 2 heterocycles. The second kappa shape index (κ2) is 7.58. The highest BCUT2D eigenvalue weighted by atomic mass is 16.7. The third-order valence-corrected chi connectivity index (χ3v) is 5.86. The fourth-order valence-electron chi connectivity index (χ4n) is 4.29. The second-order valence-electron chi connectivity index (χ2n) is 7.85. The van der Waals surface area contributed by atoms with Gasteiger partial charge in [-0.2, -0.15) is 0 Å². The number of rotatable bonds is 4. The first-order chi connectivity index (χ1) is 15.5. The van der Waals surface area contributed by atoms with Crippen molar-refractivity contribution < 1.29 is 19.3 Å². The van der Waals surface area contributed by atoms with Crippen LogP contribution in [0.4, 0.5) is 17.1 Å². The van der Waals surface area contributed by atoms with Gasteiger partial charge in [-0.05, 0) is 36.8 Å². The standard InChI is InChI=1S/C24H19N3O5/c1-15-7-11-17(12-8-15)25-23(28)20-21(16-9-13-19(14-10-16)27(30)31)26(32-22(20)24(25)29)18-5-3-2-4-6-18/h2-14,20-22H,1H3/t20-,21+,22+/m1/s1. The van der Waals surface area contributed by atoms with Crippen molar-refractivity contribution in [3.63, 3.8) is 0 Å². The van der Waals surface area contributed by atoms with Crippen LogP contribution in [0, 0.1) is 23.0 Å². The van der Waals surface area contributed by atoms with Gasteiger partial charge in [-0.3, -0.25) is 24.5 Å². The van der Waals surface area contributed by atoms with Crippen LogP contribution in [0.3, 0.4) is 0 Å². The van der Waals surface area contributed by atoms with Gasteiger partial charge in [0.15, 0.2) is 6.10 Å². The summed E-state index contributed by atoms with van der Waals surface area (Å²) in [5.41, 5.74) is 2.80. The predicted octanol–water partition coefficient (Wildman–Crippen LogP) is 3.95. The van der Waals surface area contributed by atoms with E-state index in [4.69, 9.17) is 4.84 Å². The molecule has 0 aromatic heterocycles. The van der Waals surface area contributed by atoms with Crippen LogP contribution >= 0.6 is 0 Å². The molecule has 2 amide bonds. The van der Waals surface area contributed by atoms with Gasteiger partial charge < -0.3 is 0 Å². The number of benzene rings is 3. The molecular formula is C24H19N3O5. The fraction of sp³-hybridized carbons (Fsp3) is 0.167. The molecule has 32 heavy (non-hydrogen) atoms. The molecule has 0 aliphatic carbocycles. The van der Waals surface area contributed by atoms with Crippen molar-refractivity contribution in [2.24, 2.45) is 5.92 Å². The molecule has 0 spiro atoms. The maximum atomic E-state index is 13.5. The number of hydroxylamine groups is 1. The van der Waals surface area contributed by atoms with E-state index in [1.165, 1.54) is 17.0 Å². The number of carbonyl (C=O) groups excluding carboxylic acids is 2. The van der Waals surface area contributed by atoms with Crippen molar-refractivity contribution in [1.82, 2.24) is 0 Å². The monoisotopic (exact) mass is 429 g/mol. The molecule has 3 atom stereocenters. The summed E-state index contributed by atoms with van der Waals surface area (Å²) in [6.45, 7) is 1.93. The Morgan fingerprint density at radius 3 is 2.12 bits per heavy atom. The Balaban J connectivity index is 1.57. The van der Waals surface area contributed by atoms with Crippen molar-refractivity contribution in [3.8, 4) is 0 Å². The molecule has 160 valence electrons. The molecule has 2 aliphatic heterocycles. The van der Waals surface area contributed by atoms with Gasteiger partial charge in [0.2, 0.25) is 5.91 Å². The van der Waals surface area contributed by atoms with Crippen molar-refractivity contribution >= 4 is 28.9 Å². The Morgan fingerprint density at radius 2 is 1.50 bits per heavy atom. The molecule has 0 radical (unpaired) electrons. The summed E-state index contributed by atoms with van der Waals surface area (Å²) in [7, 11) is 0. The third-order valence-electron chi connectivity index (χ3n) is 5.86. The zero-order valence-electron chi connectivity index (χ0n) is 17.1. The number of anilines is 2. The fourth-order valence-corrected chi connectivity index (χ4v) is 4.29. The maximum Gasteiger partial charge on any atom is 0.269 e. The lowest BCUT2D eigenvalue weighted by Gasteiger charge is -2.28. The minimum atomic E-state index is -0.982. The van der Waals surface area contributed by atoms with E-state index in [-0.39, 0.29) is 11.6 Å². The number of carbonyl (C=O) groups is 2. The molecular weight excluding hydrogens is 410 g/mol. The number of fused-ring (bicyclic) bond motifs is 1. The molecule has 8 heteroatoms. The van der Waals surface area contributed by atoms with E-state index in [1.54, 1.807) is 29.3 Å². The van der Waals surface area contributed by atoms with Gasteiger partial charge in [-0.1, -0.05) is 48.0 Å². The molecule has 8 nitrogen and oxygen atoms in total. The van der Waals surface area contributed by atoms with E-state index in [9.17, 15) is 19.7 Å². The number of amides is 2. The van der Waals surface area contributed by atoms with Gasteiger partial charge >= 0.3 is 0 Å². The Labute approximate surface area is 183 Å². The molecule has 0 bridgehead atoms. The Hall–Kier alpha value is -4.04. The van der Waals surface area contributed by atoms with Crippen LogP contribution in [-0.4, -0.2) is 22.8 Å². The van der Waals surface area contributed by atoms with E-state index in [0.29, 0.717) is 16.9 Å². The van der Waals surface area contributed by atoms with Crippen LogP contribution in [0.1, 0.15) is 17.2 Å². The Morgan fingerprint density at radius 1 is 0.844 bits per heavy atom. The lowest BCUT2D eigenvalue weighted by atomic mass is 9.90. The van der Waals surface area contributed by atoms with E-state index < -0.39 is 28.9 Å². The predicted molar refractivity (Wildman–Crippen MR) is 117 cm³/mol. The Bertz CT molecular complexity index is 1190. The highest BCUT2D eigenvalue weighted by Gasteiger charge is 2.60. The molecule has 3 aromatic rings. The van der Waals surface area contributed by atoms with Crippen LogP contribution in [0.15, 0.2) is 78.9 Å². The summed E-state index contributed by atoms with van der Waals surface area (Å²) >= 11 is 0. The second-order valence-corrected chi connectivity index (χ2v) is 7.85. The van der Waals surface area contributed by atoms with Crippen LogP contribution in [-0.2, 0) is 14.4 Å². The first-order valence-corrected chi connectivity index (χ1v) is 10.2. The average Bonchev–Trinajstić information content (AvgIpc) is 3.31. The van der Waals surface area contributed by atoms with Gasteiger partial charge in [0.05, 0.1) is 22.3 Å². The molecule has 2 fully saturated rings. The summed E-state index contributed by atoms with van der Waals surface area (Å²) in [6, 6.07) is 21.7. The molecule has 0 unspecified atom stereocenters. The summed E-state index contributed by atoms with van der Waals surface area (Å²) in [4.78, 5) is 44.6. The lowest BCUT2D eigenvalue weighted by Crippen LogP contribution is -2.37. The normalized spacial score (nSPS) is 22.3. The van der Waals surface area contributed by atoms with E-state index in [1.807, 2.05) is 49.4 Å². The summed E-state index contributed by atoms with van der Waals surface area (Å²) in [6.07, 6.45) is -0.982. The van der Waals surface area contributed by atoms with Crippen molar-refractivity contribution in [1.29, 1.82) is 0 Å². The summed E-state index contributed by atoms with van der Waals surface area (Å²) in [5, 5.41) is 12.7. The zero-order chi connectivity index (χ0) is 22.4. The van der Waals surface area contributed by atoms with Gasteiger partial charge in [-0.15, -0.1) is 0 Å². The van der Waals surface area contributed by atoms with E-state index in [2.05, 4.69) is 0 Å². The van der Waals surface area contributed by atoms with Crippen LogP contribution < -0.4 is 9.96 Å². The summed E-state index contributed by atoms with van der Waals surface area (Å²) in [5.74, 6) is -1.56. The third kappa shape index (κ3) is 3.12. The van der Waals surface area contributed by atoms with E-state index in [0.717, 1.165) is 5.56 Å². The topological polar surface area (TPSA) is 93.0 Å². The quantitative estimate of drug-likeness (QED) is 0.354. The molecule has 0 saturated carbocycles. The van der Waals surface area contributed by atoms with Crippen molar-refractivity contribution in [3.05, 3.63) is 100 Å². The number of nitro groups is 1. The van der Waals surface area contributed by atoms with Crippen LogP contribution in [0.25, 0.3) is 0 Å². The number of imide groups is 1. The number of hydrogen-bond donors (Lipinski definition) is 0. The van der Waals surface area contributed by atoms with Gasteiger partial charge in [-0.25, -0.2) is 9.96 Å². The number of nitro benzene ring substituents is 1. The van der Waals surface area contributed by atoms with Crippen LogP contribution in [0.2, 0.25) is 0 Å². The zero-order valence-corrected chi connectivity index (χ0v) is 17.1. The molecule has 2 saturated heterocycles. The SMILES string of the molecule is Cc1ccc(N2C(=O)[C@H]3[C@H](ON(c4ccccc4)[C@H]3c3ccc([N+](=O)[O-])cc3)C2=O)cc1. The molecule has 2 aliphatic rings. The van der Waals surface area contributed by atoms with E-state index >= 15 is 0 Å². The minimum absolute atomic E-state index is 0.0504. The smallest absolute Gasteiger partial charge is 0.269 e. The Kier molecular flexibility index (Phi) is 4.71. The van der Waals surface area contributed by atoms with Crippen molar-refractivity contribution in [2.75, 3.05) is 9.96 Å². The summed E-state index contributed by atoms with van der Waals surface area (Å²) < 4.78 is 0. The van der Waals surface area contributed by atoms with Gasteiger partial charge in [0, 0.05) is 12.1 Å². The maximum absolute atomic E-state index is 13.5. The first-order valence-electron chi connectivity index (χ1n) is 10.2.